The van der Waals surface area contributed by atoms with Crippen LogP contribution in [0.15, 0.2) is 17.2 Å². The summed E-state index contributed by atoms with van der Waals surface area (Å²) in [6.45, 7) is 1.75. The van der Waals surface area contributed by atoms with Gasteiger partial charge in [0.15, 0.2) is 0 Å². The van der Waals surface area contributed by atoms with Gasteiger partial charge < -0.3 is 10.3 Å². The summed E-state index contributed by atoms with van der Waals surface area (Å²) in [6.07, 6.45) is 1.52. The summed E-state index contributed by atoms with van der Waals surface area (Å²) >= 11 is -2.29. The van der Waals surface area contributed by atoms with Crippen molar-refractivity contribution < 1.29 is 38.3 Å². The fourth-order valence-corrected chi connectivity index (χ4v) is 1.19. The average molecular weight is 194 g/mol. The van der Waals surface area contributed by atoms with Crippen molar-refractivity contribution in [2.45, 2.75) is 11.8 Å². The Morgan fingerprint density at radius 2 is 2.25 bits per heavy atom. The van der Waals surface area contributed by atoms with Crippen molar-refractivity contribution in [2.24, 2.45) is 0 Å². The molecule has 1 aromatic rings. The minimum Gasteiger partial charge on any atom is -0.768 e. The van der Waals surface area contributed by atoms with E-state index < -0.39 is 11.1 Å². The normalized spacial score (nSPS) is 11.8. The smallest absolute Gasteiger partial charge is 0.768 e. The summed E-state index contributed by atoms with van der Waals surface area (Å²) in [4.78, 5) is 3.74. The molecule has 4 nitrogen and oxygen atoms in total. The van der Waals surface area contributed by atoms with Gasteiger partial charge in [0.25, 0.3) is 0 Å². The summed E-state index contributed by atoms with van der Waals surface area (Å²) in [5, 5.41) is 0. The second-order valence-corrected chi connectivity index (χ2v) is 3.04. The first-order valence-corrected chi connectivity index (χ1v) is 4.00. The third-order valence-corrected chi connectivity index (χ3v) is 1.88. The third-order valence-electron chi connectivity index (χ3n) is 1.20. The number of aryl methyl sites for hydroxylation is 1. The molecule has 0 radical (unpaired) electrons. The van der Waals surface area contributed by atoms with E-state index in [2.05, 4.69) is 4.98 Å². The van der Waals surface area contributed by atoms with E-state index >= 15 is 0 Å². The molecular formula is C6H7N2NaO2S. The number of hydrogen-bond donors (Lipinski definition) is 1. The molecule has 12 heavy (non-hydrogen) atoms. The maximum absolute atomic E-state index is 10.5. The van der Waals surface area contributed by atoms with Gasteiger partial charge in [0.1, 0.15) is 5.82 Å². The molecule has 0 aliphatic heterocycles. The van der Waals surface area contributed by atoms with Crippen molar-refractivity contribution in [3.05, 3.63) is 17.8 Å². The summed E-state index contributed by atoms with van der Waals surface area (Å²) in [6, 6.07) is 1.48. The molecule has 0 saturated heterocycles. The molecule has 2 N–H and O–H groups in total. The molecule has 1 aromatic heterocycles. The van der Waals surface area contributed by atoms with E-state index in [0.717, 1.165) is 5.56 Å². The zero-order valence-electron chi connectivity index (χ0n) is 6.90. The van der Waals surface area contributed by atoms with Gasteiger partial charge in [-0.25, -0.2) is 4.98 Å². The van der Waals surface area contributed by atoms with Gasteiger partial charge in [0.2, 0.25) is 0 Å². The van der Waals surface area contributed by atoms with E-state index in [1.54, 1.807) is 6.92 Å². The van der Waals surface area contributed by atoms with E-state index in [-0.39, 0.29) is 40.3 Å². The zero-order valence-corrected chi connectivity index (χ0v) is 9.72. The van der Waals surface area contributed by atoms with E-state index in [9.17, 15) is 8.76 Å². The molecule has 0 aliphatic rings. The van der Waals surface area contributed by atoms with Crippen molar-refractivity contribution in [2.75, 3.05) is 5.73 Å². The van der Waals surface area contributed by atoms with Crippen LogP contribution in [0, 0.1) is 6.92 Å². The Morgan fingerprint density at radius 1 is 1.67 bits per heavy atom. The third kappa shape index (κ3) is 2.84. The fourth-order valence-electron chi connectivity index (χ4n) is 0.686. The van der Waals surface area contributed by atoms with Crippen molar-refractivity contribution in [3.8, 4) is 0 Å². The van der Waals surface area contributed by atoms with Crippen LogP contribution in [0.25, 0.3) is 0 Å². The Hall–Kier alpha value is 0.0600. The number of hydrogen-bond acceptors (Lipinski definition) is 4. The van der Waals surface area contributed by atoms with E-state index in [0.29, 0.717) is 0 Å². The summed E-state index contributed by atoms with van der Waals surface area (Å²) < 4.78 is 20.9. The summed E-state index contributed by atoms with van der Waals surface area (Å²) in [5.41, 5.74) is 6.06. The summed E-state index contributed by atoms with van der Waals surface area (Å²) in [7, 11) is 0. The van der Waals surface area contributed by atoms with E-state index in [1.807, 2.05) is 0 Å². The molecule has 0 amide bonds. The number of pyridine rings is 1. The van der Waals surface area contributed by atoms with Crippen LogP contribution in [0.2, 0.25) is 0 Å². The standard InChI is InChI=1S/C6H8N2O2S.Na/c1-4-2-5(11(9)10)6(7)8-3-4;/h2-3H,1H3,(H2,7,8)(H,9,10);/q;+1/p-1. The summed E-state index contributed by atoms with van der Waals surface area (Å²) in [5.74, 6) is 0.0453. The quantitative estimate of drug-likeness (QED) is 0.387. The molecular weight excluding hydrogens is 187 g/mol. The number of anilines is 1. The predicted octanol–water partition coefficient (Wildman–Crippen LogP) is -2.79. The Kier molecular flexibility index (Phi) is 4.96. The van der Waals surface area contributed by atoms with Crippen LogP contribution < -0.4 is 35.3 Å². The monoisotopic (exact) mass is 194 g/mol. The maximum Gasteiger partial charge on any atom is 1.00 e. The first-order valence-electron chi connectivity index (χ1n) is 2.92. The van der Waals surface area contributed by atoms with Crippen molar-refractivity contribution in [3.63, 3.8) is 0 Å². The first-order chi connectivity index (χ1) is 5.11. The fraction of sp³-hybridized carbons (Fsp3) is 0.167. The van der Waals surface area contributed by atoms with Crippen LogP contribution in [0.5, 0.6) is 0 Å². The molecule has 60 valence electrons. The van der Waals surface area contributed by atoms with Crippen LogP contribution >= 0.6 is 0 Å². The van der Waals surface area contributed by atoms with Gasteiger partial charge in [0.05, 0.1) is 4.90 Å². The molecule has 0 aromatic carbocycles. The van der Waals surface area contributed by atoms with Crippen LogP contribution in [0.4, 0.5) is 5.82 Å². The zero-order chi connectivity index (χ0) is 8.43. The van der Waals surface area contributed by atoms with Crippen molar-refractivity contribution in [1.29, 1.82) is 0 Å². The Labute approximate surface area is 95.1 Å². The van der Waals surface area contributed by atoms with Crippen molar-refractivity contribution >= 4 is 16.9 Å². The second kappa shape index (κ2) is 4.94. The van der Waals surface area contributed by atoms with Gasteiger partial charge in [-0.2, -0.15) is 0 Å². The molecule has 1 atom stereocenters. The van der Waals surface area contributed by atoms with Gasteiger partial charge in [-0.15, -0.1) is 0 Å². The number of nitrogens with two attached hydrogens (primary N) is 1. The largest absolute Gasteiger partial charge is 1.00 e. The van der Waals surface area contributed by atoms with Gasteiger partial charge in [-0.05, 0) is 29.6 Å². The Morgan fingerprint density at radius 3 is 2.67 bits per heavy atom. The molecule has 1 unspecified atom stereocenters. The number of aromatic nitrogens is 1. The predicted molar refractivity (Wildman–Crippen MR) is 40.6 cm³/mol. The molecule has 0 saturated carbocycles. The molecule has 1 rings (SSSR count). The van der Waals surface area contributed by atoms with Crippen LogP contribution in [-0.4, -0.2) is 13.7 Å². The molecule has 0 spiro atoms. The SMILES string of the molecule is Cc1cnc(N)c(S(=O)[O-])c1.[Na+]. The topological polar surface area (TPSA) is 79.0 Å². The maximum atomic E-state index is 10.5. The van der Waals surface area contributed by atoms with E-state index in [1.165, 1.54) is 12.3 Å². The van der Waals surface area contributed by atoms with Gasteiger partial charge in [-0.1, -0.05) is 0 Å². The van der Waals surface area contributed by atoms with Crippen LogP contribution in [0.3, 0.4) is 0 Å². The molecule has 6 heteroatoms. The van der Waals surface area contributed by atoms with Gasteiger partial charge >= 0.3 is 29.6 Å². The van der Waals surface area contributed by atoms with E-state index in [4.69, 9.17) is 5.73 Å². The van der Waals surface area contributed by atoms with Crippen LogP contribution in [0.1, 0.15) is 5.56 Å². The van der Waals surface area contributed by atoms with Crippen LogP contribution in [-0.2, 0) is 11.1 Å². The molecule has 0 aliphatic carbocycles. The minimum absolute atomic E-state index is 0. The molecule has 1 heterocycles. The number of nitrogens with zero attached hydrogens (tertiary/aromatic N) is 1. The second-order valence-electron chi connectivity index (χ2n) is 2.13. The Balaban J connectivity index is 0.00000121. The average Bonchev–Trinajstić information content (AvgIpc) is 1.94. The Bertz CT molecular complexity index is 306. The minimum atomic E-state index is -2.29. The first kappa shape index (κ1) is 12.1. The van der Waals surface area contributed by atoms with Crippen molar-refractivity contribution in [1.82, 2.24) is 4.98 Å². The van der Waals surface area contributed by atoms with Gasteiger partial charge in [-0.3, -0.25) is 4.21 Å². The molecule has 0 bridgehead atoms. The molecule has 0 fully saturated rings. The number of rotatable bonds is 1. The van der Waals surface area contributed by atoms with Gasteiger partial charge in [0, 0.05) is 6.20 Å². The number of nitrogen functional groups attached to an aromatic ring is 1.